The van der Waals surface area contributed by atoms with Crippen molar-refractivity contribution in [2.24, 2.45) is 0 Å². The van der Waals surface area contributed by atoms with Crippen molar-refractivity contribution in [3.05, 3.63) is 40.2 Å². The molecule has 0 radical (unpaired) electrons. The van der Waals surface area contributed by atoms with Crippen molar-refractivity contribution in [2.75, 3.05) is 0 Å². The van der Waals surface area contributed by atoms with Crippen LogP contribution in [0.3, 0.4) is 0 Å². The molecule has 0 fully saturated rings. The largest absolute Gasteiger partial charge is 0.455 e. The first-order valence-electron chi connectivity index (χ1n) is 4.42. The van der Waals surface area contributed by atoms with Gasteiger partial charge in [0.1, 0.15) is 15.2 Å². The molecule has 0 unspecified atom stereocenters. The fourth-order valence-electron chi connectivity index (χ4n) is 1.46. The molecule has 3 aromatic rings. The van der Waals surface area contributed by atoms with Crippen LogP contribution in [-0.4, -0.2) is 0 Å². The molecule has 0 spiro atoms. The number of para-hydroxylation sites is 1. The highest BCUT2D eigenvalue weighted by atomic mass is 32.9. The Bertz CT molecular complexity index is 626. The minimum atomic E-state index is 0.911. The molecule has 0 aliphatic heterocycles. The maximum Gasteiger partial charge on any atom is 0.146 e. The summed E-state index contributed by atoms with van der Waals surface area (Å²) < 4.78 is 6.65. The van der Waals surface area contributed by atoms with Crippen molar-refractivity contribution in [2.45, 2.75) is 0 Å². The van der Waals surface area contributed by atoms with Gasteiger partial charge in [0.2, 0.25) is 0 Å². The van der Waals surface area contributed by atoms with Crippen LogP contribution in [0.4, 0.5) is 0 Å². The molecule has 1 aromatic carbocycles. The first kappa shape index (κ1) is 9.27. The van der Waals surface area contributed by atoms with Crippen molar-refractivity contribution in [1.29, 1.82) is 0 Å². The van der Waals surface area contributed by atoms with Crippen molar-refractivity contribution in [1.82, 2.24) is 0 Å². The highest BCUT2D eigenvalue weighted by molar-refractivity contribution is 7.80. The van der Waals surface area contributed by atoms with Gasteiger partial charge in [-0.15, -0.1) is 0 Å². The summed E-state index contributed by atoms with van der Waals surface area (Å²) in [6, 6.07) is 12.1. The third kappa shape index (κ3) is 1.65. The van der Waals surface area contributed by atoms with Crippen LogP contribution in [0, 0.1) is 3.82 Å². The maximum atomic E-state index is 5.74. The molecular formula is C11H6OS3. The topological polar surface area (TPSA) is 13.1 Å². The molecule has 0 bridgehead atoms. The number of hydrogen-bond acceptors (Lipinski definition) is 4. The quantitative estimate of drug-likeness (QED) is 0.447. The SMILES string of the molecule is S=c1cc(-c2cc3ccccc3o2)ss1. The highest BCUT2D eigenvalue weighted by Gasteiger charge is 2.06. The van der Waals surface area contributed by atoms with Crippen molar-refractivity contribution < 1.29 is 4.42 Å². The summed E-state index contributed by atoms with van der Waals surface area (Å²) in [5, 5.41) is 1.14. The predicted molar refractivity (Wildman–Crippen MR) is 68.2 cm³/mol. The van der Waals surface area contributed by atoms with E-state index in [2.05, 4.69) is 6.07 Å². The number of hydrogen-bond donors (Lipinski definition) is 0. The minimum absolute atomic E-state index is 0.911. The van der Waals surface area contributed by atoms with Crippen LogP contribution in [-0.2, 0) is 0 Å². The smallest absolute Gasteiger partial charge is 0.146 e. The summed E-state index contributed by atoms with van der Waals surface area (Å²) in [7, 11) is 3.27. The van der Waals surface area contributed by atoms with Gasteiger partial charge in [0.25, 0.3) is 0 Å². The van der Waals surface area contributed by atoms with Gasteiger partial charge in [-0.25, -0.2) is 0 Å². The molecule has 0 aliphatic rings. The first-order valence-corrected chi connectivity index (χ1v) is 6.98. The standard InChI is InChI=1S/C11H6OS3/c13-11-6-10(14-15-11)9-5-7-3-1-2-4-8(7)12-9/h1-6H. The summed E-state index contributed by atoms with van der Waals surface area (Å²) >= 11 is 5.10. The lowest BCUT2D eigenvalue weighted by atomic mass is 10.2. The fourth-order valence-corrected chi connectivity index (χ4v) is 3.77. The molecule has 2 heterocycles. The minimum Gasteiger partial charge on any atom is -0.455 e. The third-order valence-corrected chi connectivity index (χ3v) is 5.01. The second kappa shape index (κ2) is 3.56. The van der Waals surface area contributed by atoms with E-state index < -0.39 is 0 Å². The third-order valence-electron chi connectivity index (χ3n) is 2.13. The lowest BCUT2D eigenvalue weighted by Crippen LogP contribution is -1.59. The van der Waals surface area contributed by atoms with Gasteiger partial charge in [-0.2, -0.15) is 0 Å². The summed E-state index contributed by atoms with van der Waals surface area (Å²) in [5.74, 6) is 0.911. The number of fused-ring (bicyclic) bond motifs is 1. The second-order valence-electron chi connectivity index (χ2n) is 3.14. The molecule has 15 heavy (non-hydrogen) atoms. The van der Waals surface area contributed by atoms with Gasteiger partial charge in [-0.05, 0) is 18.2 Å². The predicted octanol–water partition coefficient (Wildman–Crippen LogP) is 4.95. The first-order chi connectivity index (χ1) is 7.33. The summed E-state index contributed by atoms with van der Waals surface area (Å²) in [6.45, 7) is 0. The Balaban J connectivity index is 2.24. The van der Waals surface area contributed by atoms with Crippen LogP contribution in [0.25, 0.3) is 21.6 Å². The van der Waals surface area contributed by atoms with Gasteiger partial charge in [-0.1, -0.05) is 51.1 Å². The Morgan fingerprint density at radius 1 is 1.07 bits per heavy atom. The Kier molecular flexibility index (Phi) is 2.20. The van der Waals surface area contributed by atoms with E-state index in [0.717, 1.165) is 25.4 Å². The van der Waals surface area contributed by atoms with Gasteiger partial charge in [0.05, 0.1) is 4.88 Å². The molecule has 0 amide bonds. The van der Waals surface area contributed by atoms with E-state index in [9.17, 15) is 0 Å². The normalized spacial score (nSPS) is 10.9. The molecular weight excluding hydrogens is 244 g/mol. The van der Waals surface area contributed by atoms with Crippen LogP contribution in [0.15, 0.2) is 40.8 Å². The number of furan rings is 1. The summed E-state index contributed by atoms with van der Waals surface area (Å²) in [6.07, 6.45) is 0. The molecule has 0 atom stereocenters. The van der Waals surface area contributed by atoms with Gasteiger partial charge in [0.15, 0.2) is 0 Å². The molecule has 0 saturated carbocycles. The molecule has 0 saturated heterocycles. The van der Waals surface area contributed by atoms with E-state index in [1.807, 2.05) is 30.3 Å². The summed E-state index contributed by atoms with van der Waals surface area (Å²) in [4.78, 5) is 1.11. The molecule has 4 heteroatoms. The van der Waals surface area contributed by atoms with Crippen LogP contribution < -0.4 is 0 Å². The van der Waals surface area contributed by atoms with Gasteiger partial charge in [0, 0.05) is 5.39 Å². The molecule has 1 nitrogen and oxygen atoms in total. The molecule has 0 aliphatic carbocycles. The lowest BCUT2D eigenvalue weighted by Gasteiger charge is -1.86. The van der Waals surface area contributed by atoms with Crippen LogP contribution in [0.2, 0.25) is 0 Å². The molecule has 2 aromatic heterocycles. The van der Waals surface area contributed by atoms with Gasteiger partial charge >= 0.3 is 0 Å². The van der Waals surface area contributed by atoms with Crippen molar-refractivity contribution >= 4 is 43.9 Å². The molecule has 0 N–H and O–H groups in total. The number of benzene rings is 1. The summed E-state index contributed by atoms with van der Waals surface area (Å²) in [5.41, 5.74) is 0.928. The zero-order chi connectivity index (χ0) is 10.3. The average molecular weight is 250 g/mol. The Labute approximate surface area is 99.0 Å². The highest BCUT2D eigenvalue weighted by Crippen LogP contribution is 2.33. The van der Waals surface area contributed by atoms with E-state index in [1.165, 1.54) is 0 Å². The van der Waals surface area contributed by atoms with Crippen LogP contribution >= 0.6 is 32.9 Å². The van der Waals surface area contributed by atoms with E-state index in [0.29, 0.717) is 0 Å². The van der Waals surface area contributed by atoms with Gasteiger partial charge in [-0.3, -0.25) is 0 Å². The van der Waals surface area contributed by atoms with Crippen LogP contribution in [0.1, 0.15) is 0 Å². The lowest BCUT2D eigenvalue weighted by molar-refractivity contribution is 0.633. The average Bonchev–Trinajstić information content (AvgIpc) is 2.82. The monoisotopic (exact) mass is 250 g/mol. The van der Waals surface area contributed by atoms with E-state index in [-0.39, 0.29) is 0 Å². The van der Waals surface area contributed by atoms with Crippen LogP contribution in [0.5, 0.6) is 0 Å². The van der Waals surface area contributed by atoms with Gasteiger partial charge < -0.3 is 4.42 Å². The Hall–Kier alpha value is -0.970. The van der Waals surface area contributed by atoms with E-state index in [4.69, 9.17) is 16.6 Å². The Morgan fingerprint density at radius 3 is 2.67 bits per heavy atom. The molecule has 74 valence electrons. The zero-order valence-corrected chi connectivity index (χ0v) is 10.0. The number of rotatable bonds is 1. The maximum absolute atomic E-state index is 5.74. The fraction of sp³-hybridized carbons (Fsp3) is 0. The van der Waals surface area contributed by atoms with Crippen molar-refractivity contribution in [3.8, 4) is 10.6 Å². The molecule has 3 rings (SSSR count). The van der Waals surface area contributed by atoms with Crippen molar-refractivity contribution in [3.63, 3.8) is 0 Å². The van der Waals surface area contributed by atoms with E-state index >= 15 is 0 Å². The van der Waals surface area contributed by atoms with E-state index in [1.54, 1.807) is 20.7 Å². The zero-order valence-electron chi connectivity index (χ0n) is 7.60. The Morgan fingerprint density at radius 2 is 1.93 bits per heavy atom. The second-order valence-corrected chi connectivity index (χ2v) is 6.05.